The van der Waals surface area contributed by atoms with Crippen LogP contribution in [0.2, 0.25) is 0 Å². The minimum Gasteiger partial charge on any atom is -0.462 e. The topological polar surface area (TPSA) is 43.4 Å². The van der Waals surface area contributed by atoms with E-state index in [-0.39, 0.29) is 17.5 Å². The molecular weight excluding hydrogens is 535 g/mol. The first-order valence-corrected chi connectivity index (χ1v) is 15.8. The highest BCUT2D eigenvalue weighted by molar-refractivity contribution is 14.1. The SMILES string of the molecule is CCCCCCCCCCC(=O)O[C@H]1CC[C@H]2[C@H](CC/C(=C/C=O)[C@H](C)CI)[C@@H](C)CC[C@]12C. The van der Waals surface area contributed by atoms with E-state index < -0.39 is 0 Å². The van der Waals surface area contributed by atoms with Crippen LogP contribution >= 0.6 is 22.6 Å². The number of hydrogen-bond acceptors (Lipinski definition) is 3. The highest BCUT2D eigenvalue weighted by Crippen LogP contribution is 2.58. The molecule has 4 heteroatoms. The Hall–Kier alpha value is -0.390. The lowest BCUT2D eigenvalue weighted by Gasteiger charge is -2.47. The second-order valence-corrected chi connectivity index (χ2v) is 12.4. The fourth-order valence-electron chi connectivity index (χ4n) is 6.74. The number of ether oxygens (including phenoxy) is 1. The van der Waals surface area contributed by atoms with E-state index >= 15 is 0 Å². The lowest BCUT2D eigenvalue weighted by molar-refractivity contribution is -0.158. The zero-order valence-electron chi connectivity index (χ0n) is 22.5. The molecule has 2 saturated carbocycles. The van der Waals surface area contributed by atoms with Crippen molar-refractivity contribution in [1.29, 1.82) is 0 Å². The third-order valence-corrected chi connectivity index (χ3v) is 10.5. The molecule has 3 nitrogen and oxygen atoms in total. The third-order valence-electron chi connectivity index (χ3n) is 9.13. The first-order chi connectivity index (χ1) is 16.4. The van der Waals surface area contributed by atoms with Gasteiger partial charge in [-0.25, -0.2) is 0 Å². The monoisotopic (exact) mass is 586 g/mol. The van der Waals surface area contributed by atoms with Crippen LogP contribution in [0.3, 0.4) is 0 Å². The molecule has 2 aliphatic rings. The Morgan fingerprint density at radius 3 is 2.38 bits per heavy atom. The molecule has 0 aromatic rings. The molecule has 0 amide bonds. The summed E-state index contributed by atoms with van der Waals surface area (Å²) in [5, 5.41) is 0. The predicted octanol–water partition coefficient (Wildman–Crippen LogP) is 8.87. The van der Waals surface area contributed by atoms with Crippen LogP contribution in [0.4, 0.5) is 0 Å². The van der Waals surface area contributed by atoms with Gasteiger partial charge >= 0.3 is 5.97 Å². The summed E-state index contributed by atoms with van der Waals surface area (Å²) in [6.07, 6.45) is 20.2. The lowest BCUT2D eigenvalue weighted by Crippen LogP contribution is -2.44. The Morgan fingerprint density at radius 1 is 1.06 bits per heavy atom. The Balaban J connectivity index is 1.84. The fraction of sp³-hybridized carbons (Fsp3) is 0.867. The summed E-state index contributed by atoms with van der Waals surface area (Å²) in [4.78, 5) is 23.8. The van der Waals surface area contributed by atoms with Crippen molar-refractivity contribution in [3.63, 3.8) is 0 Å². The molecule has 0 radical (unpaired) electrons. The first kappa shape index (κ1) is 29.8. The van der Waals surface area contributed by atoms with E-state index in [4.69, 9.17) is 4.74 Å². The molecule has 0 bridgehead atoms. The zero-order chi connectivity index (χ0) is 25.0. The van der Waals surface area contributed by atoms with E-state index in [0.29, 0.717) is 30.1 Å². The zero-order valence-corrected chi connectivity index (χ0v) is 24.6. The van der Waals surface area contributed by atoms with Crippen molar-refractivity contribution < 1.29 is 14.3 Å². The minimum atomic E-state index is 0.0279. The van der Waals surface area contributed by atoms with Crippen molar-refractivity contribution >= 4 is 34.8 Å². The average molecular weight is 587 g/mol. The molecule has 0 aromatic carbocycles. The predicted molar refractivity (Wildman–Crippen MR) is 151 cm³/mol. The molecule has 0 aliphatic heterocycles. The summed E-state index contributed by atoms with van der Waals surface area (Å²) in [5.41, 5.74) is 1.42. The number of carbonyl (C=O) groups excluding carboxylic acids is 2. The van der Waals surface area contributed by atoms with E-state index in [9.17, 15) is 9.59 Å². The lowest BCUT2D eigenvalue weighted by atomic mass is 9.59. The van der Waals surface area contributed by atoms with Gasteiger partial charge in [-0.2, -0.15) is 0 Å². The van der Waals surface area contributed by atoms with Gasteiger partial charge in [-0.15, -0.1) is 0 Å². The average Bonchev–Trinajstić information content (AvgIpc) is 3.15. The highest BCUT2D eigenvalue weighted by Gasteiger charge is 2.54. The van der Waals surface area contributed by atoms with Crippen LogP contribution in [0.15, 0.2) is 11.6 Å². The van der Waals surface area contributed by atoms with Crippen LogP contribution in [0.25, 0.3) is 0 Å². The van der Waals surface area contributed by atoms with Gasteiger partial charge < -0.3 is 4.74 Å². The Bertz CT molecular complexity index is 645. The molecule has 2 rings (SSSR count). The standard InChI is InChI=1S/C30H51IO3/c1-5-6-7-8-9-10-11-12-13-29(33)34-28-17-16-27-26(23(2)18-20-30(27,28)4)15-14-25(19-21-32)24(3)22-31/h19,21,23-24,26-28H,5-18,20,22H2,1-4H3/b25-19-/t23-,24+,26+,27-,28-,30-/m0/s1. The largest absolute Gasteiger partial charge is 0.462 e. The van der Waals surface area contributed by atoms with Crippen molar-refractivity contribution in [3.8, 4) is 0 Å². The number of aldehydes is 1. The van der Waals surface area contributed by atoms with Crippen molar-refractivity contribution in [2.75, 3.05) is 4.43 Å². The number of halogens is 1. The summed E-state index contributed by atoms with van der Waals surface area (Å²) >= 11 is 2.42. The molecule has 196 valence electrons. The molecule has 2 fully saturated rings. The second kappa shape index (κ2) is 15.7. The van der Waals surface area contributed by atoms with Gasteiger partial charge in [0.25, 0.3) is 0 Å². The van der Waals surface area contributed by atoms with Crippen molar-refractivity contribution in [3.05, 3.63) is 11.6 Å². The van der Waals surface area contributed by atoms with Gasteiger partial charge in [0.1, 0.15) is 12.4 Å². The van der Waals surface area contributed by atoms with Gasteiger partial charge in [0.05, 0.1) is 0 Å². The number of allylic oxidation sites excluding steroid dienone is 2. The van der Waals surface area contributed by atoms with Crippen LogP contribution in [0.1, 0.15) is 124 Å². The van der Waals surface area contributed by atoms with Crippen LogP contribution in [0, 0.1) is 29.1 Å². The second-order valence-electron chi connectivity index (χ2n) is 11.5. The van der Waals surface area contributed by atoms with E-state index in [1.165, 1.54) is 63.4 Å². The van der Waals surface area contributed by atoms with Crippen LogP contribution < -0.4 is 0 Å². The number of fused-ring (bicyclic) bond motifs is 1. The number of esters is 1. The molecule has 34 heavy (non-hydrogen) atoms. The maximum atomic E-state index is 12.7. The minimum absolute atomic E-state index is 0.0279. The number of unbranched alkanes of at least 4 members (excludes halogenated alkanes) is 7. The van der Waals surface area contributed by atoms with E-state index in [2.05, 4.69) is 50.3 Å². The summed E-state index contributed by atoms with van der Waals surface area (Å²) in [6, 6.07) is 0. The van der Waals surface area contributed by atoms with Crippen LogP contribution in [-0.2, 0) is 14.3 Å². The van der Waals surface area contributed by atoms with E-state index in [0.717, 1.165) is 42.8 Å². The van der Waals surface area contributed by atoms with Gasteiger partial charge in [0.15, 0.2) is 0 Å². The molecule has 0 heterocycles. The quantitative estimate of drug-likeness (QED) is 0.0453. The van der Waals surface area contributed by atoms with Gasteiger partial charge in [-0.05, 0) is 74.7 Å². The van der Waals surface area contributed by atoms with E-state index in [1.807, 2.05) is 0 Å². The summed E-state index contributed by atoms with van der Waals surface area (Å²) < 4.78 is 7.20. The Morgan fingerprint density at radius 2 is 1.74 bits per heavy atom. The number of carbonyl (C=O) groups is 2. The molecule has 6 atom stereocenters. The van der Waals surface area contributed by atoms with Crippen LogP contribution in [-0.4, -0.2) is 22.8 Å². The molecule has 0 N–H and O–H groups in total. The maximum Gasteiger partial charge on any atom is 0.306 e. The molecular formula is C30H51IO3. The Labute approximate surface area is 223 Å². The first-order valence-electron chi connectivity index (χ1n) is 14.3. The van der Waals surface area contributed by atoms with Gasteiger partial charge in [0.2, 0.25) is 0 Å². The summed E-state index contributed by atoms with van der Waals surface area (Å²) in [5.74, 6) is 2.48. The maximum absolute atomic E-state index is 12.7. The molecule has 0 aromatic heterocycles. The van der Waals surface area contributed by atoms with E-state index in [1.54, 1.807) is 6.08 Å². The van der Waals surface area contributed by atoms with Crippen molar-refractivity contribution in [2.45, 2.75) is 130 Å². The molecule has 2 aliphatic carbocycles. The third kappa shape index (κ3) is 8.62. The smallest absolute Gasteiger partial charge is 0.306 e. The number of alkyl halides is 1. The summed E-state index contributed by atoms with van der Waals surface area (Å²) in [7, 11) is 0. The normalized spacial score (nSPS) is 30.1. The summed E-state index contributed by atoms with van der Waals surface area (Å²) in [6.45, 7) is 9.29. The fourth-order valence-corrected chi connectivity index (χ4v) is 7.31. The van der Waals surface area contributed by atoms with Crippen molar-refractivity contribution in [2.24, 2.45) is 29.1 Å². The van der Waals surface area contributed by atoms with Gasteiger partial charge in [-0.3, -0.25) is 9.59 Å². The molecule has 0 saturated heterocycles. The number of hydrogen-bond donors (Lipinski definition) is 0. The Kier molecular flexibility index (Phi) is 13.7. The molecule has 0 spiro atoms. The highest BCUT2D eigenvalue weighted by atomic mass is 127. The molecule has 0 unspecified atom stereocenters. The van der Waals surface area contributed by atoms with Crippen LogP contribution in [0.5, 0.6) is 0 Å². The van der Waals surface area contributed by atoms with Gasteiger partial charge in [0, 0.05) is 16.3 Å². The van der Waals surface area contributed by atoms with Crippen molar-refractivity contribution in [1.82, 2.24) is 0 Å². The van der Waals surface area contributed by atoms with Gasteiger partial charge in [-0.1, -0.05) is 101 Å². The number of rotatable bonds is 16.